The molecular formula is C33H22N2. The maximum Gasteiger partial charge on any atom is 0.0680 e. The van der Waals surface area contributed by atoms with Crippen LogP contribution in [0.1, 0.15) is 44.5 Å². The number of aromatic nitrogens is 1. The zero-order valence-electron chi connectivity index (χ0n) is 19.3. The molecule has 0 amide bonds. The molecule has 0 bridgehead atoms. The number of fused-ring (bicyclic) bond motifs is 11. The lowest BCUT2D eigenvalue weighted by Crippen LogP contribution is -2.25. The van der Waals surface area contributed by atoms with Gasteiger partial charge in [0.15, 0.2) is 0 Å². The number of nitrogens with zero attached hydrogens (tertiary/aromatic N) is 2. The lowest BCUT2D eigenvalue weighted by Gasteiger charge is -2.40. The fourth-order valence-corrected chi connectivity index (χ4v) is 7.14. The molecule has 0 saturated heterocycles. The topological polar surface area (TPSA) is 16.1 Å². The highest BCUT2D eigenvalue weighted by Crippen LogP contribution is 2.56. The van der Waals surface area contributed by atoms with Gasteiger partial charge >= 0.3 is 0 Å². The van der Waals surface area contributed by atoms with Crippen molar-refractivity contribution in [2.24, 2.45) is 0 Å². The molecule has 0 unspecified atom stereocenters. The highest BCUT2D eigenvalue weighted by atomic mass is 15.2. The van der Waals surface area contributed by atoms with Crippen molar-refractivity contribution in [1.29, 1.82) is 0 Å². The Morgan fingerprint density at radius 3 is 2.23 bits per heavy atom. The van der Waals surface area contributed by atoms with E-state index in [1.807, 2.05) is 6.20 Å². The van der Waals surface area contributed by atoms with Gasteiger partial charge in [-0.3, -0.25) is 4.98 Å². The van der Waals surface area contributed by atoms with Crippen molar-refractivity contribution < 1.29 is 0 Å². The lowest BCUT2D eigenvalue weighted by atomic mass is 9.81. The summed E-state index contributed by atoms with van der Waals surface area (Å²) in [6.45, 7) is 0. The molecule has 4 aromatic carbocycles. The largest absolute Gasteiger partial charge is 0.308 e. The minimum Gasteiger partial charge on any atom is -0.308 e. The monoisotopic (exact) mass is 446 g/mol. The van der Waals surface area contributed by atoms with E-state index < -0.39 is 0 Å². The third kappa shape index (κ3) is 2.27. The molecule has 1 aromatic heterocycles. The normalized spacial score (nSPS) is 14.9. The van der Waals surface area contributed by atoms with Crippen molar-refractivity contribution in [3.8, 4) is 22.3 Å². The molecule has 0 spiro atoms. The summed E-state index contributed by atoms with van der Waals surface area (Å²) in [5.74, 6) is 0. The van der Waals surface area contributed by atoms with Gasteiger partial charge in [-0.25, -0.2) is 0 Å². The highest BCUT2D eigenvalue weighted by molar-refractivity contribution is 5.96. The maximum absolute atomic E-state index is 4.57. The van der Waals surface area contributed by atoms with E-state index in [1.165, 1.54) is 83.8 Å². The summed E-state index contributed by atoms with van der Waals surface area (Å²) in [5, 5.41) is 0. The average molecular weight is 447 g/mol. The first kappa shape index (κ1) is 18.2. The quantitative estimate of drug-likeness (QED) is 0.240. The zero-order valence-corrected chi connectivity index (χ0v) is 19.3. The Kier molecular flexibility index (Phi) is 3.27. The van der Waals surface area contributed by atoms with Gasteiger partial charge < -0.3 is 4.90 Å². The number of hydrogen-bond acceptors (Lipinski definition) is 2. The third-order valence-electron chi connectivity index (χ3n) is 8.56. The number of hydrogen-bond donors (Lipinski definition) is 0. The number of rotatable bonds is 0. The Labute approximate surface area is 204 Å². The van der Waals surface area contributed by atoms with E-state index in [1.54, 1.807) is 0 Å². The summed E-state index contributed by atoms with van der Waals surface area (Å²) in [7, 11) is 0. The van der Waals surface area contributed by atoms with E-state index in [4.69, 9.17) is 0 Å². The first-order valence-electron chi connectivity index (χ1n) is 12.6. The molecule has 9 rings (SSSR count). The molecule has 2 aliphatic heterocycles. The van der Waals surface area contributed by atoms with Gasteiger partial charge in [0, 0.05) is 19.0 Å². The Bertz CT molecular complexity index is 1760. The van der Waals surface area contributed by atoms with E-state index in [9.17, 15) is 0 Å². The number of anilines is 3. The average Bonchev–Trinajstić information content (AvgIpc) is 3.45. The predicted molar refractivity (Wildman–Crippen MR) is 141 cm³/mol. The van der Waals surface area contributed by atoms with Crippen molar-refractivity contribution in [2.45, 2.75) is 25.7 Å². The molecule has 0 radical (unpaired) electrons. The molecule has 0 atom stereocenters. The van der Waals surface area contributed by atoms with Crippen LogP contribution in [0.3, 0.4) is 0 Å². The van der Waals surface area contributed by atoms with Gasteiger partial charge in [0.05, 0.1) is 23.3 Å². The standard InChI is InChI=1S/C33H22N2/c1-3-7-26-19(5-1)11-22-17-30-23(16-28(22)26)13-25-14-24-12-20-6-2-4-8-27(20)32(24)29-15-21-9-10-34-18-31(21)35(30)33(25)29/h1-10,14,16-18H,11-13,15H2. The molecule has 2 aliphatic carbocycles. The smallest absolute Gasteiger partial charge is 0.0680 e. The lowest BCUT2D eigenvalue weighted by molar-refractivity contribution is 0.996. The first-order chi connectivity index (χ1) is 17.3. The first-order valence-corrected chi connectivity index (χ1v) is 12.6. The summed E-state index contributed by atoms with van der Waals surface area (Å²) in [4.78, 5) is 7.11. The third-order valence-corrected chi connectivity index (χ3v) is 8.56. The number of pyridine rings is 1. The van der Waals surface area contributed by atoms with Crippen molar-refractivity contribution in [3.05, 3.63) is 130 Å². The molecule has 35 heavy (non-hydrogen) atoms. The Balaban J connectivity index is 1.34. The van der Waals surface area contributed by atoms with Crippen LogP contribution in [0, 0.1) is 0 Å². The highest BCUT2D eigenvalue weighted by Gasteiger charge is 2.37. The summed E-state index contributed by atoms with van der Waals surface area (Å²) in [6, 6.07) is 27.6. The second-order valence-corrected chi connectivity index (χ2v) is 10.4. The van der Waals surface area contributed by atoms with Crippen LogP contribution in [-0.2, 0) is 25.7 Å². The van der Waals surface area contributed by atoms with E-state index in [0.29, 0.717) is 0 Å². The second-order valence-electron chi connectivity index (χ2n) is 10.4. The van der Waals surface area contributed by atoms with Gasteiger partial charge in [0.1, 0.15) is 0 Å². The van der Waals surface area contributed by atoms with Crippen LogP contribution in [-0.4, -0.2) is 4.98 Å². The van der Waals surface area contributed by atoms with Crippen LogP contribution in [0.4, 0.5) is 17.1 Å². The van der Waals surface area contributed by atoms with Crippen LogP contribution in [0.15, 0.2) is 85.2 Å². The maximum atomic E-state index is 4.57. The number of benzene rings is 4. The molecule has 4 aliphatic rings. The molecule has 0 N–H and O–H groups in total. The second kappa shape index (κ2) is 6.28. The van der Waals surface area contributed by atoms with Gasteiger partial charge in [0.25, 0.3) is 0 Å². The van der Waals surface area contributed by atoms with Gasteiger partial charge in [-0.05, 0) is 97.8 Å². The van der Waals surface area contributed by atoms with E-state index in [0.717, 1.165) is 25.7 Å². The van der Waals surface area contributed by atoms with Crippen molar-refractivity contribution in [2.75, 3.05) is 4.90 Å². The SMILES string of the molecule is c1ccc2c(c1)Cc1cc3c(cc1-2)Cc1cc2c(c4c1N3c1cnccc1C4)-c1ccccc1C2. The van der Waals surface area contributed by atoms with Crippen LogP contribution in [0.5, 0.6) is 0 Å². The Hall–Kier alpha value is -4.17. The van der Waals surface area contributed by atoms with Crippen molar-refractivity contribution in [1.82, 2.24) is 4.98 Å². The van der Waals surface area contributed by atoms with E-state index in [2.05, 4.69) is 88.9 Å². The van der Waals surface area contributed by atoms with E-state index >= 15 is 0 Å². The van der Waals surface area contributed by atoms with Crippen LogP contribution in [0.25, 0.3) is 22.3 Å². The Morgan fingerprint density at radius 2 is 1.31 bits per heavy atom. The molecule has 3 heterocycles. The molecular weight excluding hydrogens is 424 g/mol. The summed E-state index contributed by atoms with van der Waals surface area (Å²) in [6.07, 6.45) is 8.04. The fraction of sp³-hybridized carbons (Fsp3) is 0.121. The molecule has 164 valence electrons. The Morgan fingerprint density at radius 1 is 0.543 bits per heavy atom. The molecule has 0 saturated carbocycles. The summed E-state index contributed by atoms with van der Waals surface area (Å²) in [5.41, 5.74) is 21.3. The van der Waals surface area contributed by atoms with Gasteiger partial charge in [-0.1, -0.05) is 54.6 Å². The molecule has 0 fully saturated rings. The van der Waals surface area contributed by atoms with Gasteiger partial charge in [-0.2, -0.15) is 0 Å². The zero-order chi connectivity index (χ0) is 22.7. The molecule has 5 aromatic rings. The van der Waals surface area contributed by atoms with Crippen molar-refractivity contribution in [3.63, 3.8) is 0 Å². The van der Waals surface area contributed by atoms with Gasteiger partial charge in [0.2, 0.25) is 0 Å². The summed E-state index contributed by atoms with van der Waals surface area (Å²) < 4.78 is 0. The van der Waals surface area contributed by atoms with Crippen LogP contribution >= 0.6 is 0 Å². The van der Waals surface area contributed by atoms with Crippen LogP contribution < -0.4 is 4.90 Å². The van der Waals surface area contributed by atoms with Gasteiger partial charge in [-0.15, -0.1) is 0 Å². The molecule has 2 heteroatoms. The van der Waals surface area contributed by atoms with E-state index in [-0.39, 0.29) is 0 Å². The summed E-state index contributed by atoms with van der Waals surface area (Å²) >= 11 is 0. The molecule has 2 nitrogen and oxygen atoms in total. The fourth-order valence-electron chi connectivity index (χ4n) is 7.14. The van der Waals surface area contributed by atoms with Crippen molar-refractivity contribution >= 4 is 17.1 Å². The predicted octanol–water partition coefficient (Wildman–Crippen LogP) is 7.50. The minimum absolute atomic E-state index is 0.972. The van der Waals surface area contributed by atoms with Crippen LogP contribution in [0.2, 0.25) is 0 Å². The minimum atomic E-state index is 0.972.